The number of carbonyl (C=O) groups excluding carboxylic acids is 2. The molecular formula is C17H17NO4. The highest BCUT2D eigenvalue weighted by Gasteiger charge is 2.24. The Morgan fingerprint density at radius 3 is 2.45 bits per heavy atom. The van der Waals surface area contributed by atoms with E-state index in [1.54, 1.807) is 42.5 Å². The van der Waals surface area contributed by atoms with Crippen molar-refractivity contribution in [2.75, 3.05) is 0 Å². The van der Waals surface area contributed by atoms with Gasteiger partial charge in [-0.2, -0.15) is 0 Å². The molecule has 0 aliphatic heterocycles. The first-order valence-corrected chi connectivity index (χ1v) is 6.90. The first-order valence-electron chi connectivity index (χ1n) is 6.90. The Morgan fingerprint density at radius 1 is 1.18 bits per heavy atom. The highest BCUT2D eigenvalue weighted by molar-refractivity contribution is 5.94. The van der Waals surface area contributed by atoms with Gasteiger partial charge in [-0.15, -0.1) is 0 Å². The molecule has 0 fully saturated rings. The zero-order valence-electron chi connectivity index (χ0n) is 12.2. The van der Waals surface area contributed by atoms with Gasteiger partial charge in [-0.1, -0.05) is 43.3 Å². The summed E-state index contributed by atoms with van der Waals surface area (Å²) in [7, 11) is 0. The van der Waals surface area contributed by atoms with Crippen LogP contribution in [0.2, 0.25) is 0 Å². The number of rotatable bonds is 5. The maximum absolute atomic E-state index is 12.2. The Bertz CT molecular complexity index is 682. The van der Waals surface area contributed by atoms with Crippen molar-refractivity contribution in [1.29, 1.82) is 0 Å². The number of carbonyl (C=O) groups is 2. The summed E-state index contributed by atoms with van der Waals surface area (Å²) in [4.78, 5) is 23.8. The molecule has 0 spiro atoms. The summed E-state index contributed by atoms with van der Waals surface area (Å²) in [6, 6.07) is 13.2. The van der Waals surface area contributed by atoms with Crippen LogP contribution < -0.4 is 5.73 Å². The lowest BCUT2D eigenvalue weighted by atomic mass is 10.1. The lowest BCUT2D eigenvalue weighted by molar-refractivity contribution is -0.127. The predicted octanol–water partition coefficient (Wildman–Crippen LogP) is 2.34. The van der Waals surface area contributed by atoms with Crippen molar-refractivity contribution >= 4 is 11.9 Å². The standard InChI is InChI=1S/C17H17NO4/c1-2-11-8-9-14(19)13(10-11)17(21)22-15(16(18)20)12-6-4-3-5-7-12/h3-10,15,19H,2H2,1H3,(H2,18,20). The molecule has 5 heteroatoms. The van der Waals surface area contributed by atoms with Gasteiger partial charge in [0.25, 0.3) is 5.91 Å². The van der Waals surface area contributed by atoms with Crippen molar-refractivity contribution in [3.8, 4) is 5.75 Å². The average molecular weight is 299 g/mol. The Hall–Kier alpha value is -2.82. The predicted molar refractivity (Wildman–Crippen MR) is 81.3 cm³/mol. The van der Waals surface area contributed by atoms with E-state index in [2.05, 4.69) is 0 Å². The lowest BCUT2D eigenvalue weighted by Gasteiger charge is -2.15. The van der Waals surface area contributed by atoms with Crippen molar-refractivity contribution < 1.29 is 19.4 Å². The number of phenolic OH excluding ortho intramolecular Hbond substituents is 1. The molecule has 0 bridgehead atoms. The number of ether oxygens (including phenoxy) is 1. The molecule has 1 unspecified atom stereocenters. The fraction of sp³-hybridized carbons (Fsp3) is 0.176. The van der Waals surface area contributed by atoms with Gasteiger partial charge in [0.1, 0.15) is 11.3 Å². The zero-order chi connectivity index (χ0) is 16.1. The number of aromatic hydroxyl groups is 1. The zero-order valence-corrected chi connectivity index (χ0v) is 12.2. The van der Waals surface area contributed by atoms with Gasteiger partial charge < -0.3 is 15.6 Å². The van der Waals surface area contributed by atoms with Crippen LogP contribution in [-0.4, -0.2) is 17.0 Å². The van der Waals surface area contributed by atoms with Gasteiger partial charge in [0.05, 0.1) is 0 Å². The van der Waals surface area contributed by atoms with E-state index in [1.165, 1.54) is 6.07 Å². The van der Waals surface area contributed by atoms with Gasteiger partial charge in [-0.05, 0) is 24.1 Å². The van der Waals surface area contributed by atoms with E-state index < -0.39 is 18.0 Å². The molecule has 0 saturated carbocycles. The molecule has 5 nitrogen and oxygen atoms in total. The van der Waals surface area contributed by atoms with E-state index in [1.807, 2.05) is 6.92 Å². The Kier molecular flexibility index (Phi) is 4.78. The number of amides is 1. The van der Waals surface area contributed by atoms with E-state index >= 15 is 0 Å². The second-order valence-electron chi connectivity index (χ2n) is 4.80. The van der Waals surface area contributed by atoms with E-state index in [4.69, 9.17) is 10.5 Å². The minimum absolute atomic E-state index is 0.0153. The molecule has 0 aliphatic rings. The van der Waals surface area contributed by atoms with Gasteiger partial charge >= 0.3 is 5.97 Å². The Morgan fingerprint density at radius 2 is 1.86 bits per heavy atom. The van der Waals surface area contributed by atoms with Crippen LogP contribution in [0.15, 0.2) is 48.5 Å². The summed E-state index contributed by atoms with van der Waals surface area (Å²) < 4.78 is 5.19. The number of esters is 1. The number of aryl methyl sites for hydroxylation is 1. The van der Waals surface area contributed by atoms with Crippen LogP contribution in [0.3, 0.4) is 0 Å². The molecule has 0 aromatic heterocycles. The van der Waals surface area contributed by atoms with Crippen molar-refractivity contribution in [2.45, 2.75) is 19.4 Å². The third-order valence-electron chi connectivity index (χ3n) is 3.27. The molecular weight excluding hydrogens is 282 g/mol. The summed E-state index contributed by atoms with van der Waals surface area (Å²) in [5.74, 6) is -1.76. The number of phenols is 1. The third kappa shape index (κ3) is 3.44. The summed E-state index contributed by atoms with van der Waals surface area (Å²) in [6.45, 7) is 1.93. The molecule has 1 atom stereocenters. The summed E-state index contributed by atoms with van der Waals surface area (Å²) in [5, 5.41) is 9.81. The highest BCUT2D eigenvalue weighted by atomic mass is 16.5. The van der Waals surface area contributed by atoms with E-state index in [0.29, 0.717) is 12.0 Å². The molecule has 0 saturated heterocycles. The maximum atomic E-state index is 12.2. The van der Waals surface area contributed by atoms with Gasteiger partial charge in [-0.3, -0.25) is 4.79 Å². The number of nitrogens with two attached hydrogens (primary N) is 1. The van der Waals surface area contributed by atoms with Crippen LogP contribution >= 0.6 is 0 Å². The highest BCUT2D eigenvalue weighted by Crippen LogP contribution is 2.24. The number of hydrogen-bond donors (Lipinski definition) is 2. The van der Waals surface area contributed by atoms with E-state index in [0.717, 1.165) is 5.56 Å². The Labute approximate surface area is 128 Å². The largest absolute Gasteiger partial charge is 0.507 e. The number of benzene rings is 2. The fourth-order valence-corrected chi connectivity index (χ4v) is 2.06. The van der Waals surface area contributed by atoms with Crippen LogP contribution in [0, 0.1) is 0 Å². The molecule has 114 valence electrons. The molecule has 3 N–H and O–H groups in total. The van der Waals surface area contributed by atoms with Crippen LogP contribution in [0.25, 0.3) is 0 Å². The van der Waals surface area contributed by atoms with Crippen LogP contribution in [0.1, 0.15) is 34.5 Å². The molecule has 2 aromatic carbocycles. The maximum Gasteiger partial charge on any atom is 0.343 e. The van der Waals surface area contributed by atoms with Gasteiger partial charge in [0.2, 0.25) is 6.10 Å². The molecule has 2 aromatic rings. The second kappa shape index (κ2) is 6.76. The molecule has 2 rings (SSSR count). The van der Waals surface area contributed by atoms with Gasteiger partial charge in [0, 0.05) is 5.56 Å². The number of primary amides is 1. The summed E-state index contributed by atoms with van der Waals surface area (Å²) >= 11 is 0. The van der Waals surface area contributed by atoms with E-state index in [9.17, 15) is 14.7 Å². The second-order valence-corrected chi connectivity index (χ2v) is 4.80. The first-order chi connectivity index (χ1) is 10.5. The van der Waals surface area contributed by atoms with Crippen molar-refractivity contribution in [3.63, 3.8) is 0 Å². The van der Waals surface area contributed by atoms with Crippen molar-refractivity contribution in [3.05, 3.63) is 65.2 Å². The quantitative estimate of drug-likeness (QED) is 0.829. The van der Waals surface area contributed by atoms with Crippen molar-refractivity contribution in [2.24, 2.45) is 5.73 Å². The summed E-state index contributed by atoms with van der Waals surface area (Å²) in [6.07, 6.45) is -0.489. The van der Waals surface area contributed by atoms with E-state index in [-0.39, 0.29) is 11.3 Å². The average Bonchev–Trinajstić information content (AvgIpc) is 2.53. The molecule has 0 heterocycles. The SMILES string of the molecule is CCc1ccc(O)c(C(=O)OC(C(N)=O)c2ccccc2)c1. The van der Waals surface area contributed by atoms with Crippen LogP contribution in [0.4, 0.5) is 0 Å². The number of hydrogen-bond acceptors (Lipinski definition) is 4. The fourth-order valence-electron chi connectivity index (χ4n) is 2.06. The third-order valence-corrected chi connectivity index (χ3v) is 3.27. The van der Waals surface area contributed by atoms with Gasteiger partial charge in [0.15, 0.2) is 0 Å². The summed E-state index contributed by atoms with van der Waals surface area (Å²) in [5.41, 5.74) is 6.68. The first kappa shape index (κ1) is 15.6. The lowest BCUT2D eigenvalue weighted by Crippen LogP contribution is -2.26. The van der Waals surface area contributed by atoms with Gasteiger partial charge in [-0.25, -0.2) is 4.79 Å². The minimum Gasteiger partial charge on any atom is -0.507 e. The topological polar surface area (TPSA) is 89.6 Å². The molecule has 0 radical (unpaired) electrons. The van der Waals surface area contributed by atoms with Crippen molar-refractivity contribution in [1.82, 2.24) is 0 Å². The minimum atomic E-state index is -1.20. The smallest absolute Gasteiger partial charge is 0.343 e. The molecule has 0 aliphatic carbocycles. The van der Waals surface area contributed by atoms with Crippen LogP contribution in [-0.2, 0) is 16.0 Å². The molecule has 1 amide bonds. The molecule has 22 heavy (non-hydrogen) atoms. The van der Waals surface area contributed by atoms with Crippen LogP contribution in [0.5, 0.6) is 5.75 Å². The monoisotopic (exact) mass is 299 g/mol. The Balaban J connectivity index is 2.28. The normalized spacial score (nSPS) is 11.7.